The van der Waals surface area contributed by atoms with Gasteiger partial charge in [0.05, 0.1) is 16.6 Å². The van der Waals surface area contributed by atoms with Crippen LogP contribution in [-0.2, 0) is 17.5 Å². The Bertz CT molecular complexity index is 513. The van der Waals surface area contributed by atoms with Gasteiger partial charge < -0.3 is 4.90 Å². The molecule has 1 aliphatic heterocycles. The number of hydrogen-bond acceptors (Lipinski definition) is 1. The van der Waals surface area contributed by atoms with E-state index in [0.29, 0.717) is 17.7 Å². The summed E-state index contributed by atoms with van der Waals surface area (Å²) in [6.07, 6.45) is -4.48. The molecule has 0 spiro atoms. The molecule has 6 heteroatoms. The zero-order valence-corrected chi connectivity index (χ0v) is 10.6. The maximum atomic E-state index is 12.7. The number of hydrogen-bond donors (Lipinski definition) is 0. The second-order valence-electron chi connectivity index (χ2n) is 4.35. The van der Waals surface area contributed by atoms with Crippen molar-refractivity contribution in [2.45, 2.75) is 32.6 Å². The van der Waals surface area contributed by atoms with Crippen molar-refractivity contribution in [1.82, 2.24) is 4.90 Å². The summed E-state index contributed by atoms with van der Waals surface area (Å²) in [7, 11) is 0. The van der Waals surface area contributed by atoms with Crippen LogP contribution >= 0.6 is 11.6 Å². The highest BCUT2D eigenvalue weighted by Crippen LogP contribution is 2.41. The van der Waals surface area contributed by atoms with Crippen LogP contribution in [0.5, 0.6) is 0 Å². The number of carbonyl (C=O) groups is 1. The quantitative estimate of drug-likeness (QED) is 0.707. The topological polar surface area (TPSA) is 20.3 Å². The summed E-state index contributed by atoms with van der Waals surface area (Å²) in [5.41, 5.74) is 0.345. The Morgan fingerprint density at radius 3 is 2.56 bits per heavy atom. The molecule has 0 radical (unpaired) electrons. The highest BCUT2D eigenvalue weighted by Gasteiger charge is 2.37. The van der Waals surface area contributed by atoms with Crippen LogP contribution in [0.4, 0.5) is 13.2 Å². The number of halogens is 4. The van der Waals surface area contributed by atoms with E-state index < -0.39 is 11.7 Å². The summed E-state index contributed by atoms with van der Waals surface area (Å²) in [6, 6.07) is 2.00. The lowest BCUT2D eigenvalue weighted by atomic mass is 10.0. The van der Waals surface area contributed by atoms with Crippen LogP contribution in [0, 0.1) is 0 Å². The average molecular weight is 278 g/mol. The lowest BCUT2D eigenvalue weighted by molar-refractivity contribution is -0.137. The van der Waals surface area contributed by atoms with Gasteiger partial charge in [-0.2, -0.15) is 13.2 Å². The van der Waals surface area contributed by atoms with Crippen LogP contribution in [0.2, 0.25) is 5.02 Å². The van der Waals surface area contributed by atoms with Gasteiger partial charge in [-0.1, -0.05) is 11.6 Å². The molecule has 0 bridgehead atoms. The van der Waals surface area contributed by atoms with Crippen molar-refractivity contribution < 1.29 is 18.0 Å². The summed E-state index contributed by atoms with van der Waals surface area (Å²) in [5.74, 6) is -0.164. The van der Waals surface area contributed by atoms with Gasteiger partial charge in [0.15, 0.2) is 0 Å². The third kappa shape index (κ3) is 2.07. The molecule has 2 rings (SSSR count). The second kappa shape index (κ2) is 4.16. The average Bonchev–Trinajstić information content (AvgIpc) is 2.53. The van der Waals surface area contributed by atoms with Crippen LogP contribution in [0.15, 0.2) is 12.1 Å². The highest BCUT2D eigenvalue weighted by molar-refractivity contribution is 6.31. The summed E-state index contributed by atoms with van der Waals surface area (Å²) in [5, 5.41) is -0.321. The molecular formula is C12H11ClF3NO. The van der Waals surface area contributed by atoms with E-state index in [2.05, 4.69) is 0 Å². The molecule has 0 aromatic heterocycles. The minimum Gasteiger partial charge on any atom is -0.332 e. The Morgan fingerprint density at radius 1 is 1.44 bits per heavy atom. The van der Waals surface area contributed by atoms with Gasteiger partial charge in [0.2, 0.25) is 5.91 Å². The van der Waals surface area contributed by atoms with E-state index in [-0.39, 0.29) is 17.0 Å². The molecule has 1 aliphatic rings. The molecule has 1 amide bonds. The van der Waals surface area contributed by atoms with Crippen LogP contribution in [0.25, 0.3) is 0 Å². The van der Waals surface area contributed by atoms with Gasteiger partial charge in [0.1, 0.15) is 0 Å². The zero-order chi connectivity index (χ0) is 13.7. The van der Waals surface area contributed by atoms with Gasteiger partial charge in [-0.25, -0.2) is 0 Å². The highest BCUT2D eigenvalue weighted by atomic mass is 35.5. The van der Waals surface area contributed by atoms with Crippen LogP contribution in [-0.4, -0.2) is 10.8 Å². The van der Waals surface area contributed by atoms with E-state index in [1.165, 1.54) is 17.9 Å². The van der Waals surface area contributed by atoms with E-state index in [1.54, 1.807) is 6.92 Å². The SMILES string of the molecule is CC(=O)N1Cc2cc(Cl)c(C(F)(F)F)cc2C1C. The second-order valence-corrected chi connectivity index (χ2v) is 4.76. The monoisotopic (exact) mass is 277 g/mol. The Hall–Kier alpha value is -1.23. The molecule has 0 saturated carbocycles. The minimum atomic E-state index is -4.48. The minimum absolute atomic E-state index is 0.164. The van der Waals surface area contributed by atoms with Crippen molar-refractivity contribution in [2.24, 2.45) is 0 Å². The Balaban J connectivity index is 2.50. The Kier molecular flexibility index (Phi) is 3.05. The molecule has 98 valence electrons. The summed E-state index contributed by atoms with van der Waals surface area (Å²) < 4.78 is 38.2. The van der Waals surface area contributed by atoms with E-state index in [9.17, 15) is 18.0 Å². The van der Waals surface area contributed by atoms with Crippen molar-refractivity contribution in [1.29, 1.82) is 0 Å². The number of nitrogens with zero attached hydrogens (tertiary/aromatic N) is 1. The van der Waals surface area contributed by atoms with Gasteiger partial charge >= 0.3 is 6.18 Å². The molecule has 1 atom stereocenters. The first-order valence-electron chi connectivity index (χ1n) is 5.38. The number of fused-ring (bicyclic) bond motifs is 1. The first-order valence-corrected chi connectivity index (χ1v) is 5.76. The Morgan fingerprint density at radius 2 is 2.06 bits per heavy atom. The number of alkyl halides is 3. The lowest BCUT2D eigenvalue weighted by Gasteiger charge is -2.19. The van der Waals surface area contributed by atoms with Gasteiger partial charge in [-0.15, -0.1) is 0 Å². The van der Waals surface area contributed by atoms with Gasteiger partial charge in [-0.05, 0) is 30.2 Å². The van der Waals surface area contributed by atoms with E-state index in [4.69, 9.17) is 11.6 Å². The molecule has 2 nitrogen and oxygen atoms in total. The van der Waals surface area contributed by atoms with Crippen molar-refractivity contribution in [2.75, 3.05) is 0 Å². The number of carbonyl (C=O) groups excluding carboxylic acids is 1. The maximum absolute atomic E-state index is 12.7. The first kappa shape index (κ1) is 13.2. The normalized spacial score (nSPS) is 19.0. The molecule has 0 N–H and O–H groups in total. The standard InChI is InChI=1S/C12H11ClF3NO/c1-6-9-4-10(12(14,15)16)11(13)3-8(9)5-17(6)7(2)18/h3-4,6H,5H2,1-2H3. The van der Waals surface area contributed by atoms with Gasteiger partial charge in [0, 0.05) is 13.5 Å². The number of benzene rings is 1. The van der Waals surface area contributed by atoms with Crippen molar-refractivity contribution in [3.63, 3.8) is 0 Å². The molecule has 1 aromatic rings. The van der Waals surface area contributed by atoms with Crippen LogP contribution in [0.1, 0.15) is 36.6 Å². The molecular weight excluding hydrogens is 267 g/mol. The smallest absolute Gasteiger partial charge is 0.332 e. The predicted octanol–water partition coefficient (Wildman–Crippen LogP) is 3.78. The van der Waals surface area contributed by atoms with E-state index in [1.807, 2.05) is 0 Å². The maximum Gasteiger partial charge on any atom is 0.417 e. The Labute approximate surface area is 107 Å². The lowest BCUT2D eigenvalue weighted by Crippen LogP contribution is -2.25. The fraction of sp³-hybridized carbons (Fsp3) is 0.417. The molecule has 18 heavy (non-hydrogen) atoms. The summed E-state index contributed by atoms with van der Waals surface area (Å²) in [6.45, 7) is 3.42. The first-order chi connectivity index (χ1) is 8.21. The summed E-state index contributed by atoms with van der Waals surface area (Å²) in [4.78, 5) is 12.9. The molecule has 0 saturated heterocycles. The van der Waals surface area contributed by atoms with Gasteiger partial charge in [0.25, 0.3) is 0 Å². The molecule has 1 heterocycles. The largest absolute Gasteiger partial charge is 0.417 e. The third-order valence-corrected chi connectivity index (χ3v) is 3.51. The number of amides is 1. The molecule has 0 fully saturated rings. The van der Waals surface area contributed by atoms with Crippen LogP contribution in [0.3, 0.4) is 0 Å². The summed E-state index contributed by atoms with van der Waals surface area (Å²) >= 11 is 5.64. The van der Waals surface area contributed by atoms with Crippen molar-refractivity contribution >= 4 is 17.5 Å². The predicted molar refractivity (Wildman–Crippen MR) is 61.1 cm³/mol. The number of rotatable bonds is 0. The van der Waals surface area contributed by atoms with Crippen molar-refractivity contribution in [3.05, 3.63) is 33.8 Å². The third-order valence-electron chi connectivity index (χ3n) is 3.20. The van der Waals surface area contributed by atoms with Crippen molar-refractivity contribution in [3.8, 4) is 0 Å². The molecule has 1 unspecified atom stereocenters. The van der Waals surface area contributed by atoms with Crippen LogP contribution < -0.4 is 0 Å². The van der Waals surface area contributed by atoms with E-state index in [0.717, 1.165) is 6.07 Å². The molecule has 0 aliphatic carbocycles. The van der Waals surface area contributed by atoms with Gasteiger partial charge in [-0.3, -0.25) is 4.79 Å². The molecule has 1 aromatic carbocycles. The van der Waals surface area contributed by atoms with E-state index >= 15 is 0 Å². The fourth-order valence-electron chi connectivity index (χ4n) is 2.25. The fourth-order valence-corrected chi connectivity index (χ4v) is 2.54. The zero-order valence-electron chi connectivity index (χ0n) is 9.81.